The SMILES string of the molecule is Cc1cc(/C=N/NC(=O)c2cccc(Cl)c2)c(C)n1-c1cccc(C(F)(F)F)c1. The molecular weight excluding hydrogens is 403 g/mol. The number of hydrazone groups is 1. The van der Waals surface area contributed by atoms with Gasteiger partial charge in [0.15, 0.2) is 0 Å². The van der Waals surface area contributed by atoms with Gasteiger partial charge in [-0.1, -0.05) is 23.7 Å². The van der Waals surface area contributed by atoms with Crippen molar-refractivity contribution in [3.05, 3.63) is 87.7 Å². The standard InChI is InChI=1S/C21H17ClF3N3O/c1-13-9-16(12-26-27-20(29)15-5-3-7-18(22)10-15)14(2)28(13)19-8-4-6-17(11-19)21(23,24)25/h3-12H,1-2H3,(H,27,29)/b26-12+. The molecule has 0 saturated carbocycles. The molecule has 1 N–H and O–H groups in total. The van der Waals surface area contributed by atoms with Crippen molar-refractivity contribution < 1.29 is 18.0 Å². The molecule has 0 fully saturated rings. The van der Waals surface area contributed by atoms with E-state index in [-0.39, 0.29) is 0 Å². The zero-order valence-corrected chi connectivity index (χ0v) is 16.3. The first-order valence-electron chi connectivity index (χ1n) is 8.62. The number of carbonyl (C=O) groups is 1. The van der Waals surface area contributed by atoms with Gasteiger partial charge in [-0.25, -0.2) is 5.43 Å². The van der Waals surface area contributed by atoms with Gasteiger partial charge >= 0.3 is 6.18 Å². The van der Waals surface area contributed by atoms with Gasteiger partial charge in [0.1, 0.15) is 0 Å². The number of carbonyl (C=O) groups excluding carboxylic acids is 1. The minimum atomic E-state index is -4.42. The lowest BCUT2D eigenvalue weighted by Crippen LogP contribution is -2.17. The van der Waals surface area contributed by atoms with Crippen LogP contribution in [0.2, 0.25) is 5.02 Å². The first-order chi connectivity index (χ1) is 13.7. The number of rotatable bonds is 4. The van der Waals surface area contributed by atoms with Crippen molar-refractivity contribution >= 4 is 23.7 Å². The highest BCUT2D eigenvalue weighted by atomic mass is 35.5. The zero-order chi connectivity index (χ0) is 21.2. The number of nitrogens with one attached hydrogen (secondary N) is 1. The summed E-state index contributed by atoms with van der Waals surface area (Å²) in [6.07, 6.45) is -2.96. The lowest BCUT2D eigenvalue weighted by Gasteiger charge is -2.13. The van der Waals surface area contributed by atoms with Crippen LogP contribution < -0.4 is 5.43 Å². The number of amides is 1. The fourth-order valence-electron chi connectivity index (χ4n) is 2.99. The van der Waals surface area contributed by atoms with E-state index in [2.05, 4.69) is 10.5 Å². The average Bonchev–Trinajstić information content (AvgIpc) is 2.94. The molecule has 4 nitrogen and oxygen atoms in total. The summed E-state index contributed by atoms with van der Waals surface area (Å²) < 4.78 is 40.8. The molecule has 0 atom stereocenters. The fraction of sp³-hybridized carbons (Fsp3) is 0.143. The topological polar surface area (TPSA) is 46.4 Å². The summed E-state index contributed by atoms with van der Waals surface area (Å²) >= 11 is 5.87. The van der Waals surface area contributed by atoms with Crippen LogP contribution >= 0.6 is 11.6 Å². The Kier molecular flexibility index (Phi) is 5.79. The molecular formula is C21H17ClF3N3O. The van der Waals surface area contributed by atoms with Gasteiger partial charge in [0.25, 0.3) is 5.91 Å². The minimum Gasteiger partial charge on any atom is -0.318 e. The van der Waals surface area contributed by atoms with Crippen LogP contribution in [0.3, 0.4) is 0 Å². The van der Waals surface area contributed by atoms with Crippen molar-refractivity contribution in [3.8, 4) is 5.69 Å². The summed E-state index contributed by atoms with van der Waals surface area (Å²) in [6, 6.07) is 13.3. The number of alkyl halides is 3. The number of benzene rings is 2. The smallest absolute Gasteiger partial charge is 0.318 e. The molecule has 1 amide bonds. The number of hydrogen-bond acceptors (Lipinski definition) is 2. The summed E-state index contributed by atoms with van der Waals surface area (Å²) in [7, 11) is 0. The largest absolute Gasteiger partial charge is 0.416 e. The second-order valence-electron chi connectivity index (χ2n) is 6.42. The van der Waals surface area contributed by atoms with E-state index in [0.29, 0.717) is 27.5 Å². The monoisotopic (exact) mass is 419 g/mol. The summed E-state index contributed by atoms with van der Waals surface area (Å²) in [5.74, 6) is -0.421. The number of aryl methyl sites for hydroxylation is 1. The van der Waals surface area contributed by atoms with E-state index in [1.54, 1.807) is 48.7 Å². The van der Waals surface area contributed by atoms with E-state index >= 15 is 0 Å². The van der Waals surface area contributed by atoms with Gasteiger partial charge in [0.2, 0.25) is 0 Å². The Morgan fingerprint density at radius 1 is 1.10 bits per heavy atom. The summed E-state index contributed by atoms with van der Waals surface area (Å²) in [5.41, 5.74) is 4.57. The highest BCUT2D eigenvalue weighted by molar-refractivity contribution is 6.30. The van der Waals surface area contributed by atoms with E-state index in [1.165, 1.54) is 18.3 Å². The van der Waals surface area contributed by atoms with Crippen molar-refractivity contribution in [3.63, 3.8) is 0 Å². The molecule has 1 aromatic heterocycles. The Morgan fingerprint density at radius 3 is 2.52 bits per heavy atom. The highest BCUT2D eigenvalue weighted by Crippen LogP contribution is 2.31. The van der Waals surface area contributed by atoms with Gasteiger partial charge < -0.3 is 4.57 Å². The van der Waals surface area contributed by atoms with Crippen LogP contribution in [0.5, 0.6) is 0 Å². The average molecular weight is 420 g/mol. The number of hydrogen-bond donors (Lipinski definition) is 1. The maximum Gasteiger partial charge on any atom is 0.416 e. The van der Waals surface area contributed by atoms with Gasteiger partial charge in [0.05, 0.1) is 11.8 Å². The first-order valence-corrected chi connectivity index (χ1v) is 9.00. The predicted octanol–water partition coefficient (Wildman–Crippen LogP) is 5.53. The van der Waals surface area contributed by atoms with Crippen LogP contribution in [0.25, 0.3) is 5.69 Å². The lowest BCUT2D eigenvalue weighted by atomic mass is 10.2. The van der Waals surface area contributed by atoms with E-state index < -0.39 is 17.6 Å². The third-order valence-electron chi connectivity index (χ3n) is 4.36. The van der Waals surface area contributed by atoms with E-state index in [4.69, 9.17) is 11.6 Å². The molecule has 8 heteroatoms. The van der Waals surface area contributed by atoms with Crippen LogP contribution in [-0.2, 0) is 6.18 Å². The van der Waals surface area contributed by atoms with Gasteiger partial charge in [-0.15, -0.1) is 0 Å². The molecule has 0 aliphatic rings. The molecule has 0 saturated heterocycles. The Morgan fingerprint density at radius 2 is 1.83 bits per heavy atom. The summed E-state index contributed by atoms with van der Waals surface area (Å²) in [5, 5.41) is 4.39. The van der Waals surface area contributed by atoms with Crippen LogP contribution in [0.4, 0.5) is 13.2 Å². The summed E-state index contributed by atoms with van der Waals surface area (Å²) in [6.45, 7) is 3.56. The molecule has 2 aromatic carbocycles. The molecule has 3 rings (SSSR count). The molecule has 1 heterocycles. The van der Waals surface area contributed by atoms with Gasteiger partial charge in [-0.2, -0.15) is 18.3 Å². The molecule has 29 heavy (non-hydrogen) atoms. The lowest BCUT2D eigenvalue weighted by molar-refractivity contribution is -0.137. The van der Waals surface area contributed by atoms with E-state index in [0.717, 1.165) is 17.8 Å². The Hall–Kier alpha value is -3.06. The van der Waals surface area contributed by atoms with Crippen molar-refractivity contribution in [2.45, 2.75) is 20.0 Å². The molecule has 3 aromatic rings. The molecule has 0 aliphatic heterocycles. The molecule has 0 bridgehead atoms. The van der Waals surface area contributed by atoms with E-state index in [1.807, 2.05) is 0 Å². The third-order valence-corrected chi connectivity index (χ3v) is 4.59. The van der Waals surface area contributed by atoms with Gasteiger partial charge in [-0.05, 0) is 56.3 Å². The molecule has 0 spiro atoms. The molecule has 0 radical (unpaired) electrons. The van der Waals surface area contributed by atoms with Crippen molar-refractivity contribution in [1.82, 2.24) is 9.99 Å². The second kappa shape index (κ2) is 8.13. The minimum absolute atomic E-state index is 0.365. The van der Waals surface area contributed by atoms with Crippen LogP contribution in [-0.4, -0.2) is 16.7 Å². The number of nitrogens with zero attached hydrogens (tertiary/aromatic N) is 2. The van der Waals surface area contributed by atoms with Gasteiger partial charge in [0, 0.05) is 33.2 Å². The van der Waals surface area contributed by atoms with Crippen LogP contribution in [0.1, 0.15) is 32.9 Å². The van der Waals surface area contributed by atoms with E-state index in [9.17, 15) is 18.0 Å². The zero-order valence-electron chi connectivity index (χ0n) is 15.6. The van der Waals surface area contributed by atoms with Gasteiger partial charge in [-0.3, -0.25) is 4.79 Å². The highest BCUT2D eigenvalue weighted by Gasteiger charge is 2.30. The Bertz CT molecular complexity index is 1090. The third kappa shape index (κ3) is 4.68. The van der Waals surface area contributed by atoms with Crippen LogP contribution in [0, 0.1) is 13.8 Å². The van der Waals surface area contributed by atoms with Crippen molar-refractivity contribution in [2.75, 3.05) is 0 Å². The second-order valence-corrected chi connectivity index (χ2v) is 6.86. The number of halogens is 4. The first kappa shape index (κ1) is 20.7. The Balaban J connectivity index is 1.83. The predicted molar refractivity (Wildman–Crippen MR) is 107 cm³/mol. The molecule has 0 unspecified atom stereocenters. The molecule has 0 aliphatic carbocycles. The fourth-order valence-corrected chi connectivity index (χ4v) is 3.18. The molecule has 150 valence electrons. The quantitative estimate of drug-likeness (QED) is 0.438. The summed E-state index contributed by atoms with van der Waals surface area (Å²) in [4.78, 5) is 12.1. The Labute approximate surface area is 170 Å². The maximum absolute atomic E-state index is 13.0. The number of aromatic nitrogens is 1. The van der Waals surface area contributed by atoms with Crippen molar-refractivity contribution in [1.29, 1.82) is 0 Å². The van der Waals surface area contributed by atoms with Crippen molar-refractivity contribution in [2.24, 2.45) is 5.10 Å². The maximum atomic E-state index is 13.0. The van der Waals surface area contributed by atoms with Crippen LogP contribution in [0.15, 0.2) is 59.7 Å². The normalized spacial score (nSPS) is 11.8.